The van der Waals surface area contributed by atoms with E-state index >= 15 is 0 Å². The molecular weight excluding hydrogens is 393 g/mol. The van der Waals surface area contributed by atoms with Gasteiger partial charge in [0.05, 0.1) is 10.7 Å². The molecule has 5 nitrogen and oxygen atoms in total. The molecule has 7 heteroatoms. The zero-order chi connectivity index (χ0) is 21.1. The van der Waals surface area contributed by atoms with Crippen molar-refractivity contribution < 1.29 is 9.18 Å². The Hall–Kier alpha value is -2.99. The average molecular weight is 414 g/mol. The Morgan fingerprint density at radius 1 is 1.17 bits per heavy atom. The molecule has 0 radical (unpaired) electrons. The summed E-state index contributed by atoms with van der Waals surface area (Å²) in [4.78, 5) is 25.3. The van der Waals surface area contributed by atoms with Crippen molar-refractivity contribution in [3.05, 3.63) is 80.9 Å². The average Bonchev–Trinajstić information content (AvgIpc) is 2.69. The lowest BCUT2D eigenvalue weighted by Gasteiger charge is -2.18. The molecule has 29 heavy (non-hydrogen) atoms. The van der Waals surface area contributed by atoms with Crippen molar-refractivity contribution >= 4 is 23.2 Å². The lowest BCUT2D eigenvalue weighted by Crippen LogP contribution is -2.34. The van der Waals surface area contributed by atoms with Gasteiger partial charge in [-0.2, -0.15) is 5.10 Å². The predicted octanol–water partition coefficient (Wildman–Crippen LogP) is 4.91. The van der Waals surface area contributed by atoms with E-state index in [2.05, 4.69) is 10.4 Å². The van der Waals surface area contributed by atoms with Crippen LogP contribution in [0.2, 0.25) is 5.02 Å². The second kappa shape index (κ2) is 8.57. The van der Waals surface area contributed by atoms with Crippen molar-refractivity contribution in [1.29, 1.82) is 0 Å². The van der Waals surface area contributed by atoms with Crippen LogP contribution in [0, 0.1) is 19.7 Å². The quantitative estimate of drug-likeness (QED) is 0.646. The highest BCUT2D eigenvalue weighted by atomic mass is 35.5. The number of anilines is 1. The minimum absolute atomic E-state index is 0.0944. The summed E-state index contributed by atoms with van der Waals surface area (Å²) in [5, 5.41) is 7.05. The van der Waals surface area contributed by atoms with Crippen molar-refractivity contribution in [2.75, 3.05) is 5.32 Å². The van der Waals surface area contributed by atoms with Crippen LogP contribution in [0.15, 0.2) is 53.3 Å². The Kier molecular flexibility index (Phi) is 6.13. The van der Waals surface area contributed by atoms with E-state index in [0.717, 1.165) is 16.7 Å². The molecule has 3 aromatic rings. The Morgan fingerprint density at radius 3 is 2.62 bits per heavy atom. The van der Waals surface area contributed by atoms with Gasteiger partial charge in [-0.3, -0.25) is 9.59 Å². The van der Waals surface area contributed by atoms with Gasteiger partial charge in [0.2, 0.25) is 5.91 Å². The number of benzene rings is 2. The van der Waals surface area contributed by atoms with Gasteiger partial charge in [-0.05, 0) is 56.2 Å². The molecule has 0 bridgehead atoms. The number of hydrogen-bond donors (Lipinski definition) is 1. The lowest BCUT2D eigenvalue weighted by molar-refractivity contribution is -0.119. The molecule has 0 fully saturated rings. The van der Waals surface area contributed by atoms with Gasteiger partial charge in [0.15, 0.2) is 0 Å². The van der Waals surface area contributed by atoms with Crippen molar-refractivity contribution in [3.8, 4) is 11.3 Å². The fourth-order valence-corrected chi connectivity index (χ4v) is 3.25. The van der Waals surface area contributed by atoms with Gasteiger partial charge in [0.25, 0.3) is 5.56 Å². The number of hydrogen-bond acceptors (Lipinski definition) is 3. The van der Waals surface area contributed by atoms with E-state index in [1.807, 2.05) is 32.0 Å². The zero-order valence-electron chi connectivity index (χ0n) is 16.4. The van der Waals surface area contributed by atoms with Gasteiger partial charge >= 0.3 is 0 Å². The summed E-state index contributed by atoms with van der Waals surface area (Å²) in [6.45, 7) is 5.74. The third-order valence-corrected chi connectivity index (χ3v) is 4.96. The monoisotopic (exact) mass is 413 g/mol. The van der Waals surface area contributed by atoms with Crippen molar-refractivity contribution in [1.82, 2.24) is 9.78 Å². The highest BCUT2D eigenvalue weighted by Crippen LogP contribution is 2.24. The van der Waals surface area contributed by atoms with E-state index in [0.29, 0.717) is 17.8 Å². The van der Waals surface area contributed by atoms with E-state index in [9.17, 15) is 14.0 Å². The van der Waals surface area contributed by atoms with E-state index < -0.39 is 17.8 Å². The first-order valence-electron chi connectivity index (χ1n) is 9.23. The first-order valence-corrected chi connectivity index (χ1v) is 9.61. The standard InChI is InChI=1S/C22H21ClFN3O2/c1-4-20(22(29)25-15-7-8-18(24)17(23)12-15)27-21(28)10-9-19(26-27)16-11-13(2)5-6-14(16)3/h5-12,20H,4H2,1-3H3,(H,25,29). The molecule has 2 aromatic carbocycles. The molecule has 0 saturated heterocycles. The van der Waals surface area contributed by atoms with E-state index in [4.69, 9.17) is 11.6 Å². The maximum atomic E-state index is 13.3. The summed E-state index contributed by atoms with van der Waals surface area (Å²) < 4.78 is 14.5. The molecule has 0 saturated carbocycles. The van der Waals surface area contributed by atoms with Crippen molar-refractivity contribution in [2.45, 2.75) is 33.2 Å². The van der Waals surface area contributed by atoms with Gasteiger partial charge in [0, 0.05) is 17.3 Å². The molecular formula is C22H21ClFN3O2. The first kappa shape index (κ1) is 20.7. The maximum Gasteiger partial charge on any atom is 0.267 e. The number of aromatic nitrogens is 2. The lowest BCUT2D eigenvalue weighted by atomic mass is 10.0. The van der Waals surface area contributed by atoms with Crippen LogP contribution < -0.4 is 10.9 Å². The van der Waals surface area contributed by atoms with Crippen LogP contribution in [0.1, 0.15) is 30.5 Å². The van der Waals surface area contributed by atoms with Gasteiger partial charge < -0.3 is 5.32 Å². The maximum absolute atomic E-state index is 13.3. The van der Waals surface area contributed by atoms with Gasteiger partial charge in [-0.1, -0.05) is 36.2 Å². The largest absolute Gasteiger partial charge is 0.324 e. The molecule has 1 heterocycles. The summed E-state index contributed by atoms with van der Waals surface area (Å²) in [6.07, 6.45) is 0.351. The van der Waals surface area contributed by atoms with Crippen LogP contribution in [-0.2, 0) is 4.79 Å². The van der Waals surface area contributed by atoms with E-state index in [-0.39, 0.29) is 10.6 Å². The summed E-state index contributed by atoms with van der Waals surface area (Å²) in [5.41, 5.74) is 3.58. The number of halogens is 2. The molecule has 0 spiro atoms. The molecule has 3 rings (SSSR count). The molecule has 1 amide bonds. The summed E-state index contributed by atoms with van der Waals surface area (Å²) in [5.74, 6) is -1.00. The fourth-order valence-electron chi connectivity index (χ4n) is 3.07. The summed E-state index contributed by atoms with van der Waals surface area (Å²) >= 11 is 5.78. The van der Waals surface area contributed by atoms with Crippen LogP contribution in [-0.4, -0.2) is 15.7 Å². The number of rotatable bonds is 5. The molecule has 1 N–H and O–H groups in total. The molecule has 0 aliphatic carbocycles. The number of carbonyl (C=O) groups excluding carboxylic acids is 1. The Bertz CT molecular complexity index is 1130. The second-order valence-corrected chi connectivity index (χ2v) is 7.27. The SMILES string of the molecule is CCC(C(=O)Nc1ccc(F)c(Cl)c1)n1nc(-c2cc(C)ccc2C)ccc1=O. The van der Waals surface area contributed by atoms with Gasteiger partial charge in [-0.25, -0.2) is 9.07 Å². The molecule has 1 unspecified atom stereocenters. The predicted molar refractivity (Wildman–Crippen MR) is 113 cm³/mol. The van der Waals surface area contributed by atoms with Crippen LogP contribution in [0.5, 0.6) is 0 Å². The van der Waals surface area contributed by atoms with Gasteiger partial charge in [-0.15, -0.1) is 0 Å². The Morgan fingerprint density at radius 2 is 1.93 bits per heavy atom. The fraction of sp³-hybridized carbons (Fsp3) is 0.227. The van der Waals surface area contributed by atoms with E-state index in [1.54, 1.807) is 13.0 Å². The molecule has 1 aromatic heterocycles. The molecule has 1 atom stereocenters. The number of amides is 1. The van der Waals surface area contributed by atoms with Crippen LogP contribution in [0.3, 0.4) is 0 Å². The highest BCUT2D eigenvalue weighted by molar-refractivity contribution is 6.31. The molecule has 150 valence electrons. The van der Waals surface area contributed by atoms with Crippen molar-refractivity contribution in [3.63, 3.8) is 0 Å². The topological polar surface area (TPSA) is 64.0 Å². The highest BCUT2D eigenvalue weighted by Gasteiger charge is 2.22. The Balaban J connectivity index is 1.96. The number of aryl methyl sites for hydroxylation is 2. The number of carbonyl (C=O) groups is 1. The van der Waals surface area contributed by atoms with E-state index in [1.165, 1.54) is 28.9 Å². The van der Waals surface area contributed by atoms with Gasteiger partial charge in [0.1, 0.15) is 11.9 Å². The summed E-state index contributed by atoms with van der Waals surface area (Å²) in [6, 6.07) is 12.1. The third kappa shape index (κ3) is 4.54. The Labute approximate surface area is 173 Å². The molecule has 0 aliphatic heterocycles. The number of nitrogens with zero attached hydrogens (tertiary/aromatic N) is 2. The minimum atomic E-state index is -0.823. The first-order chi connectivity index (χ1) is 13.8. The summed E-state index contributed by atoms with van der Waals surface area (Å²) in [7, 11) is 0. The van der Waals surface area contributed by atoms with Crippen molar-refractivity contribution in [2.24, 2.45) is 0 Å². The number of nitrogens with one attached hydrogen (secondary N) is 1. The third-order valence-electron chi connectivity index (χ3n) is 4.67. The zero-order valence-corrected chi connectivity index (χ0v) is 17.1. The minimum Gasteiger partial charge on any atom is -0.324 e. The van der Waals surface area contributed by atoms with Crippen LogP contribution in [0.25, 0.3) is 11.3 Å². The molecule has 0 aliphatic rings. The normalized spacial score (nSPS) is 11.9. The second-order valence-electron chi connectivity index (χ2n) is 6.86. The smallest absolute Gasteiger partial charge is 0.267 e. The van der Waals surface area contributed by atoms with Crippen LogP contribution >= 0.6 is 11.6 Å². The van der Waals surface area contributed by atoms with Crippen LogP contribution in [0.4, 0.5) is 10.1 Å².